The van der Waals surface area contributed by atoms with E-state index in [-0.39, 0.29) is 5.60 Å². The average Bonchev–Trinajstić information content (AvgIpc) is 3.08. The number of ether oxygens (including phenoxy) is 2. The Morgan fingerprint density at radius 3 is 2.71 bits per heavy atom. The van der Waals surface area contributed by atoms with E-state index in [4.69, 9.17) is 9.47 Å². The number of benzene rings is 1. The van der Waals surface area contributed by atoms with E-state index < -0.39 is 0 Å². The van der Waals surface area contributed by atoms with Gasteiger partial charge >= 0.3 is 0 Å². The zero-order valence-corrected chi connectivity index (χ0v) is 15.0. The van der Waals surface area contributed by atoms with Crippen molar-refractivity contribution in [2.75, 3.05) is 26.3 Å². The van der Waals surface area contributed by atoms with Crippen LogP contribution >= 0.6 is 0 Å². The van der Waals surface area contributed by atoms with Crippen molar-refractivity contribution >= 4 is 0 Å². The van der Waals surface area contributed by atoms with Crippen molar-refractivity contribution in [3.63, 3.8) is 0 Å². The average molecular weight is 330 g/mol. The number of para-hydroxylation sites is 1. The molecule has 24 heavy (non-hydrogen) atoms. The Morgan fingerprint density at radius 2 is 2.00 bits per heavy atom. The first-order valence-electron chi connectivity index (χ1n) is 9.51. The van der Waals surface area contributed by atoms with E-state index in [1.54, 1.807) is 0 Å². The smallest absolute Gasteiger partial charge is 0.124 e. The van der Waals surface area contributed by atoms with Crippen LogP contribution in [0.2, 0.25) is 0 Å². The van der Waals surface area contributed by atoms with Crippen molar-refractivity contribution in [3.8, 4) is 5.75 Å². The van der Waals surface area contributed by atoms with E-state index in [1.807, 2.05) is 0 Å². The molecular weight excluding hydrogens is 300 g/mol. The van der Waals surface area contributed by atoms with Gasteiger partial charge in [-0.1, -0.05) is 18.2 Å². The molecule has 4 heteroatoms. The zero-order valence-electron chi connectivity index (χ0n) is 15.0. The highest BCUT2D eigenvalue weighted by Crippen LogP contribution is 2.44. The van der Waals surface area contributed by atoms with Gasteiger partial charge in [0.15, 0.2) is 0 Å². The number of hydrogen-bond acceptors (Lipinski definition) is 4. The van der Waals surface area contributed by atoms with Gasteiger partial charge in [-0.05, 0) is 39.2 Å². The zero-order chi connectivity index (χ0) is 16.6. The Hall–Kier alpha value is -1.10. The van der Waals surface area contributed by atoms with Crippen molar-refractivity contribution < 1.29 is 9.47 Å². The molecule has 1 N–H and O–H groups in total. The van der Waals surface area contributed by atoms with Crippen LogP contribution in [0.3, 0.4) is 0 Å². The highest BCUT2D eigenvalue weighted by molar-refractivity contribution is 5.39. The summed E-state index contributed by atoms with van der Waals surface area (Å²) in [5, 5.41) is 3.86. The van der Waals surface area contributed by atoms with E-state index >= 15 is 0 Å². The van der Waals surface area contributed by atoms with Crippen molar-refractivity contribution in [2.24, 2.45) is 0 Å². The second-order valence-corrected chi connectivity index (χ2v) is 7.94. The van der Waals surface area contributed by atoms with Crippen molar-refractivity contribution in [3.05, 3.63) is 29.8 Å². The van der Waals surface area contributed by atoms with E-state index in [0.717, 1.165) is 57.7 Å². The van der Waals surface area contributed by atoms with Gasteiger partial charge in [-0.15, -0.1) is 0 Å². The SMILES string of the molecule is CC(C)N1CCC2(CC1)C[C@H](N[C@@H]1CCOC1)c1ccccc1O2. The van der Waals surface area contributed by atoms with Gasteiger partial charge in [0.1, 0.15) is 11.4 Å². The molecular formula is C20H30N2O2. The molecule has 2 saturated heterocycles. The van der Waals surface area contributed by atoms with Gasteiger partial charge in [-0.3, -0.25) is 0 Å². The lowest BCUT2D eigenvalue weighted by molar-refractivity contribution is -0.0323. The van der Waals surface area contributed by atoms with Crippen LogP contribution in [-0.4, -0.2) is 48.9 Å². The van der Waals surface area contributed by atoms with Crippen LogP contribution in [0.1, 0.15) is 51.1 Å². The molecule has 4 rings (SSSR count). The topological polar surface area (TPSA) is 33.7 Å². The molecule has 3 aliphatic rings. The molecule has 1 spiro atoms. The molecule has 132 valence electrons. The molecule has 2 atom stereocenters. The highest BCUT2D eigenvalue weighted by Gasteiger charge is 2.44. The van der Waals surface area contributed by atoms with E-state index in [9.17, 15) is 0 Å². The maximum absolute atomic E-state index is 6.59. The third-order valence-corrected chi connectivity index (χ3v) is 6.00. The van der Waals surface area contributed by atoms with Gasteiger partial charge < -0.3 is 19.7 Å². The summed E-state index contributed by atoms with van der Waals surface area (Å²) in [6, 6.07) is 10.1. The largest absolute Gasteiger partial charge is 0.487 e. The Bertz CT molecular complexity index is 561. The molecule has 0 bridgehead atoms. The van der Waals surface area contributed by atoms with E-state index in [0.29, 0.717) is 18.1 Å². The van der Waals surface area contributed by atoms with E-state index in [1.165, 1.54) is 5.56 Å². The van der Waals surface area contributed by atoms with Crippen LogP contribution in [-0.2, 0) is 4.74 Å². The van der Waals surface area contributed by atoms with E-state index in [2.05, 4.69) is 48.3 Å². The molecule has 0 unspecified atom stereocenters. The van der Waals surface area contributed by atoms with Crippen LogP contribution in [0.4, 0.5) is 0 Å². The molecule has 0 radical (unpaired) electrons. The summed E-state index contributed by atoms with van der Waals surface area (Å²) in [6.07, 6.45) is 4.44. The van der Waals surface area contributed by atoms with Crippen LogP contribution in [0.15, 0.2) is 24.3 Å². The normalized spacial score (nSPS) is 29.6. The predicted molar refractivity (Wildman–Crippen MR) is 95.5 cm³/mol. The summed E-state index contributed by atoms with van der Waals surface area (Å²) in [7, 11) is 0. The minimum atomic E-state index is -0.00310. The predicted octanol–water partition coefficient (Wildman–Crippen LogP) is 3.13. The summed E-state index contributed by atoms with van der Waals surface area (Å²) in [5.41, 5.74) is 1.32. The number of rotatable bonds is 3. The third kappa shape index (κ3) is 3.19. The number of nitrogens with one attached hydrogen (secondary N) is 1. The first kappa shape index (κ1) is 16.4. The molecule has 3 heterocycles. The summed E-state index contributed by atoms with van der Waals surface area (Å²) >= 11 is 0. The van der Waals surface area contributed by atoms with Crippen LogP contribution < -0.4 is 10.1 Å². The lowest BCUT2D eigenvalue weighted by Crippen LogP contribution is -2.53. The van der Waals surface area contributed by atoms with Gasteiger partial charge in [-0.2, -0.15) is 0 Å². The summed E-state index contributed by atoms with van der Waals surface area (Å²) in [6.45, 7) is 8.59. The fourth-order valence-corrected chi connectivity index (χ4v) is 4.47. The standard InChI is InChI=1S/C20H30N2O2/c1-15(2)22-10-8-20(9-11-22)13-18(21-16-7-12-23-14-16)17-5-3-4-6-19(17)24-20/h3-6,15-16,18,21H,7-14H2,1-2H3/t16-,18+/m1/s1. The lowest BCUT2D eigenvalue weighted by Gasteiger charge is -2.48. The maximum atomic E-state index is 6.59. The Kier molecular flexibility index (Phi) is 4.54. The number of piperidine rings is 1. The molecule has 1 aromatic carbocycles. The number of likely N-dealkylation sites (tertiary alicyclic amines) is 1. The van der Waals surface area contributed by atoms with Crippen LogP contribution in [0, 0.1) is 0 Å². The summed E-state index contributed by atoms with van der Waals surface area (Å²) < 4.78 is 12.1. The van der Waals surface area contributed by atoms with Gasteiger partial charge in [0.05, 0.1) is 6.61 Å². The summed E-state index contributed by atoms with van der Waals surface area (Å²) in [5.74, 6) is 1.08. The van der Waals surface area contributed by atoms with Crippen molar-refractivity contribution in [2.45, 2.75) is 63.3 Å². The third-order valence-electron chi connectivity index (χ3n) is 6.00. The van der Waals surface area contributed by atoms with Crippen molar-refractivity contribution in [1.29, 1.82) is 0 Å². The minimum absolute atomic E-state index is 0.00310. The Balaban J connectivity index is 1.54. The second-order valence-electron chi connectivity index (χ2n) is 7.94. The number of fused-ring (bicyclic) bond motifs is 1. The second kappa shape index (κ2) is 6.66. The Labute approximate surface area is 145 Å². The number of hydrogen-bond donors (Lipinski definition) is 1. The van der Waals surface area contributed by atoms with Gasteiger partial charge in [0.2, 0.25) is 0 Å². The highest BCUT2D eigenvalue weighted by atomic mass is 16.5. The molecule has 0 aliphatic carbocycles. The minimum Gasteiger partial charge on any atom is -0.487 e. The molecule has 0 aromatic heterocycles. The molecule has 3 aliphatic heterocycles. The quantitative estimate of drug-likeness (QED) is 0.923. The lowest BCUT2D eigenvalue weighted by atomic mass is 9.80. The molecule has 0 amide bonds. The molecule has 2 fully saturated rings. The van der Waals surface area contributed by atoms with Gasteiger partial charge in [-0.25, -0.2) is 0 Å². The molecule has 4 nitrogen and oxygen atoms in total. The molecule has 0 saturated carbocycles. The Morgan fingerprint density at radius 1 is 1.21 bits per heavy atom. The fourth-order valence-electron chi connectivity index (χ4n) is 4.47. The maximum Gasteiger partial charge on any atom is 0.124 e. The van der Waals surface area contributed by atoms with Gasteiger partial charge in [0.25, 0.3) is 0 Å². The first-order valence-corrected chi connectivity index (χ1v) is 9.51. The number of nitrogens with zero attached hydrogens (tertiary/aromatic N) is 1. The first-order chi connectivity index (χ1) is 11.7. The monoisotopic (exact) mass is 330 g/mol. The molecule has 1 aromatic rings. The van der Waals surface area contributed by atoms with Crippen LogP contribution in [0.5, 0.6) is 5.75 Å². The van der Waals surface area contributed by atoms with Crippen LogP contribution in [0.25, 0.3) is 0 Å². The fraction of sp³-hybridized carbons (Fsp3) is 0.700. The summed E-state index contributed by atoms with van der Waals surface area (Å²) in [4.78, 5) is 2.57. The van der Waals surface area contributed by atoms with Crippen molar-refractivity contribution in [1.82, 2.24) is 10.2 Å². The van der Waals surface area contributed by atoms with Gasteiger partial charge in [0, 0.05) is 49.8 Å².